The van der Waals surface area contributed by atoms with E-state index < -0.39 is 0 Å². The quantitative estimate of drug-likeness (QED) is 0.828. The topological polar surface area (TPSA) is 96.2 Å². The summed E-state index contributed by atoms with van der Waals surface area (Å²) in [7, 11) is 0. The molecule has 2 aliphatic rings. The van der Waals surface area contributed by atoms with Crippen LogP contribution >= 0.6 is 0 Å². The molecule has 2 aromatic rings. The molecule has 2 fully saturated rings. The Morgan fingerprint density at radius 2 is 2.23 bits per heavy atom. The van der Waals surface area contributed by atoms with E-state index in [4.69, 9.17) is 0 Å². The highest BCUT2D eigenvalue weighted by atomic mass is 16.3. The van der Waals surface area contributed by atoms with Crippen molar-refractivity contribution in [2.24, 2.45) is 0 Å². The molecular weight excluding hydrogens is 332 g/mol. The van der Waals surface area contributed by atoms with Gasteiger partial charge in [0.25, 0.3) is 5.91 Å². The van der Waals surface area contributed by atoms with E-state index in [0.717, 1.165) is 43.9 Å². The molecule has 1 amide bonds. The number of β-amino-alcohol motifs (C(OH)–C–C–N with tert-alkyl or cyclic N) is 1. The Hall–Kier alpha value is -2.48. The number of carbonyl (C=O) groups is 1. The predicted octanol–water partition coefficient (Wildman–Crippen LogP) is 0.940. The van der Waals surface area contributed by atoms with Gasteiger partial charge in [0, 0.05) is 49.6 Å². The zero-order valence-electron chi connectivity index (χ0n) is 14.9. The van der Waals surface area contributed by atoms with Crippen molar-refractivity contribution in [3.63, 3.8) is 0 Å². The summed E-state index contributed by atoms with van der Waals surface area (Å²) in [5, 5.41) is 17.0. The average Bonchev–Trinajstić information content (AvgIpc) is 3.26. The van der Waals surface area contributed by atoms with E-state index in [1.165, 1.54) is 0 Å². The number of anilines is 1. The third kappa shape index (κ3) is 3.41. The Bertz CT molecular complexity index is 785. The lowest BCUT2D eigenvalue weighted by molar-refractivity contribution is 0.0902. The van der Waals surface area contributed by atoms with Crippen molar-refractivity contribution in [3.8, 4) is 0 Å². The number of nitrogens with zero attached hydrogens (tertiary/aromatic N) is 5. The van der Waals surface area contributed by atoms with Gasteiger partial charge in [-0.1, -0.05) is 0 Å². The van der Waals surface area contributed by atoms with Crippen molar-refractivity contribution in [2.45, 2.75) is 50.8 Å². The van der Waals surface area contributed by atoms with Crippen LogP contribution in [0.2, 0.25) is 0 Å². The van der Waals surface area contributed by atoms with Crippen LogP contribution in [-0.4, -0.2) is 56.0 Å². The first-order valence-corrected chi connectivity index (χ1v) is 9.21. The minimum atomic E-state index is -0.270. The van der Waals surface area contributed by atoms with Crippen molar-refractivity contribution in [3.05, 3.63) is 36.0 Å². The van der Waals surface area contributed by atoms with Gasteiger partial charge in [0.1, 0.15) is 17.8 Å². The predicted molar refractivity (Wildman–Crippen MR) is 96.0 cm³/mol. The lowest BCUT2D eigenvalue weighted by atomic mass is 9.78. The normalized spacial score (nSPS) is 25.2. The summed E-state index contributed by atoms with van der Waals surface area (Å²) in [5.41, 5.74) is 1.48. The molecule has 8 nitrogen and oxygen atoms in total. The maximum absolute atomic E-state index is 12.2. The summed E-state index contributed by atoms with van der Waals surface area (Å²) in [5.74, 6) is 1.10. The monoisotopic (exact) mass is 356 g/mol. The molecule has 2 N–H and O–H groups in total. The zero-order chi connectivity index (χ0) is 18.1. The minimum absolute atomic E-state index is 0.116. The minimum Gasteiger partial charge on any atom is -0.391 e. The summed E-state index contributed by atoms with van der Waals surface area (Å²) in [6.07, 6.45) is 5.67. The maximum Gasteiger partial charge on any atom is 0.271 e. The molecule has 0 unspecified atom stereocenters. The van der Waals surface area contributed by atoms with Gasteiger partial charge in [-0.05, 0) is 32.3 Å². The van der Waals surface area contributed by atoms with Crippen LogP contribution in [0.15, 0.2) is 24.7 Å². The smallest absolute Gasteiger partial charge is 0.271 e. The van der Waals surface area contributed by atoms with Crippen molar-refractivity contribution in [1.82, 2.24) is 25.1 Å². The van der Waals surface area contributed by atoms with Crippen LogP contribution < -0.4 is 10.2 Å². The maximum atomic E-state index is 12.2. The molecule has 1 aliphatic heterocycles. The molecule has 1 saturated carbocycles. The van der Waals surface area contributed by atoms with Gasteiger partial charge >= 0.3 is 0 Å². The second-order valence-corrected chi connectivity index (χ2v) is 7.08. The van der Waals surface area contributed by atoms with E-state index in [1.54, 1.807) is 17.1 Å². The molecule has 1 aliphatic carbocycles. The molecule has 1 atom stereocenters. The molecule has 26 heavy (non-hydrogen) atoms. The van der Waals surface area contributed by atoms with Gasteiger partial charge in [-0.2, -0.15) is 5.10 Å². The number of nitrogens with one attached hydrogen (secondary N) is 1. The molecular formula is C18H24N6O2. The number of amides is 1. The number of carbonyl (C=O) groups excluding carboxylic acids is 1. The second kappa shape index (κ2) is 7.03. The number of rotatable bonds is 5. The zero-order valence-corrected chi connectivity index (χ0v) is 14.9. The van der Waals surface area contributed by atoms with E-state index in [0.29, 0.717) is 18.2 Å². The number of aliphatic hydroxyl groups is 1. The van der Waals surface area contributed by atoms with Crippen LogP contribution in [0.4, 0.5) is 5.82 Å². The van der Waals surface area contributed by atoms with Crippen LogP contribution in [0.5, 0.6) is 0 Å². The molecule has 138 valence electrons. The van der Waals surface area contributed by atoms with Crippen LogP contribution in [0, 0.1) is 0 Å². The number of hydrogen-bond acceptors (Lipinski definition) is 6. The molecule has 3 heterocycles. The highest BCUT2D eigenvalue weighted by Crippen LogP contribution is 2.36. The fraction of sp³-hybridized carbons (Fsp3) is 0.556. The molecule has 2 aromatic heterocycles. The molecule has 0 bridgehead atoms. The van der Waals surface area contributed by atoms with E-state index in [-0.39, 0.29) is 18.1 Å². The first-order chi connectivity index (χ1) is 12.6. The van der Waals surface area contributed by atoms with Crippen LogP contribution in [0.3, 0.4) is 0 Å². The lowest BCUT2D eigenvalue weighted by Crippen LogP contribution is -2.43. The highest BCUT2D eigenvalue weighted by molar-refractivity contribution is 5.92. The number of aryl methyl sites for hydroxylation is 1. The van der Waals surface area contributed by atoms with Crippen molar-refractivity contribution in [1.29, 1.82) is 0 Å². The van der Waals surface area contributed by atoms with Crippen molar-refractivity contribution < 1.29 is 9.90 Å². The SMILES string of the molecule is CCn1ccc(C(=O)NC2CC(c3cc(N4CC[C@@H](O)C4)ncn3)C2)n1. The summed E-state index contributed by atoms with van der Waals surface area (Å²) in [6, 6.07) is 3.92. The lowest BCUT2D eigenvalue weighted by Gasteiger charge is -2.35. The Morgan fingerprint density at radius 1 is 1.38 bits per heavy atom. The first-order valence-electron chi connectivity index (χ1n) is 9.21. The Labute approximate surface area is 152 Å². The molecule has 8 heteroatoms. The van der Waals surface area contributed by atoms with Gasteiger partial charge in [-0.3, -0.25) is 9.48 Å². The van der Waals surface area contributed by atoms with Gasteiger partial charge in [0.2, 0.25) is 0 Å². The van der Waals surface area contributed by atoms with Crippen molar-refractivity contribution >= 4 is 11.7 Å². The van der Waals surface area contributed by atoms with E-state index >= 15 is 0 Å². The Balaban J connectivity index is 1.32. The van der Waals surface area contributed by atoms with E-state index in [9.17, 15) is 9.90 Å². The van der Waals surface area contributed by atoms with Gasteiger partial charge < -0.3 is 15.3 Å². The van der Waals surface area contributed by atoms with Crippen LogP contribution in [0.1, 0.15) is 48.3 Å². The number of hydrogen-bond donors (Lipinski definition) is 2. The summed E-state index contributed by atoms with van der Waals surface area (Å²) in [6.45, 7) is 4.20. The van der Waals surface area contributed by atoms with Gasteiger partial charge in [-0.25, -0.2) is 9.97 Å². The fourth-order valence-corrected chi connectivity index (χ4v) is 3.60. The number of aliphatic hydroxyl groups excluding tert-OH is 1. The third-order valence-electron chi connectivity index (χ3n) is 5.25. The molecule has 1 saturated heterocycles. The first kappa shape index (κ1) is 17.0. The summed E-state index contributed by atoms with van der Waals surface area (Å²) < 4.78 is 1.75. The third-order valence-corrected chi connectivity index (χ3v) is 5.25. The average molecular weight is 356 g/mol. The fourth-order valence-electron chi connectivity index (χ4n) is 3.60. The highest BCUT2D eigenvalue weighted by Gasteiger charge is 2.33. The van der Waals surface area contributed by atoms with Gasteiger partial charge in [0.05, 0.1) is 6.10 Å². The second-order valence-electron chi connectivity index (χ2n) is 7.08. The standard InChI is InChI=1S/C18H24N6O2/c1-2-24-6-4-15(22-24)18(26)21-13-7-12(8-13)16-9-17(20-11-19-16)23-5-3-14(25)10-23/h4,6,9,11-14,25H,2-3,5,7-8,10H2,1H3,(H,21,26)/t12?,13?,14-/m1/s1. The largest absolute Gasteiger partial charge is 0.391 e. The molecule has 0 aromatic carbocycles. The van der Waals surface area contributed by atoms with Gasteiger partial charge in [-0.15, -0.1) is 0 Å². The Kier molecular flexibility index (Phi) is 4.58. The molecule has 0 spiro atoms. The van der Waals surface area contributed by atoms with E-state index in [2.05, 4.69) is 25.3 Å². The summed E-state index contributed by atoms with van der Waals surface area (Å²) in [4.78, 5) is 23.1. The molecule has 0 radical (unpaired) electrons. The van der Waals surface area contributed by atoms with E-state index in [1.807, 2.05) is 19.2 Å². The Morgan fingerprint density at radius 3 is 2.92 bits per heavy atom. The van der Waals surface area contributed by atoms with Gasteiger partial charge in [0.15, 0.2) is 0 Å². The summed E-state index contributed by atoms with van der Waals surface area (Å²) >= 11 is 0. The molecule has 4 rings (SSSR count). The van der Waals surface area contributed by atoms with Crippen LogP contribution in [0.25, 0.3) is 0 Å². The van der Waals surface area contributed by atoms with Crippen molar-refractivity contribution in [2.75, 3.05) is 18.0 Å². The van der Waals surface area contributed by atoms with Crippen LogP contribution in [-0.2, 0) is 6.54 Å². The number of aromatic nitrogens is 4.